The van der Waals surface area contributed by atoms with E-state index in [4.69, 9.17) is 4.74 Å². The SMILES string of the molecule is CCOc1ccc(C(=O)N(Cc2ccsc2)C2CC23CCNCC3)cc1.Cl. The third-order valence-electron chi connectivity index (χ3n) is 5.73. The first-order chi connectivity index (χ1) is 12.7. The monoisotopic (exact) mass is 406 g/mol. The van der Waals surface area contributed by atoms with Crippen LogP contribution >= 0.6 is 23.7 Å². The molecule has 1 atom stereocenters. The molecular weight excluding hydrogens is 380 g/mol. The minimum absolute atomic E-state index is 0. The summed E-state index contributed by atoms with van der Waals surface area (Å²) in [6.07, 6.45) is 3.49. The van der Waals surface area contributed by atoms with Gasteiger partial charge in [-0.3, -0.25) is 4.79 Å². The van der Waals surface area contributed by atoms with E-state index in [2.05, 4.69) is 27.0 Å². The molecule has 2 aromatic rings. The summed E-state index contributed by atoms with van der Waals surface area (Å²) in [5.74, 6) is 0.953. The number of nitrogens with zero attached hydrogens (tertiary/aromatic N) is 1. The molecule has 1 aliphatic carbocycles. The van der Waals surface area contributed by atoms with Crippen LogP contribution in [0.15, 0.2) is 41.1 Å². The van der Waals surface area contributed by atoms with Gasteiger partial charge in [-0.1, -0.05) is 0 Å². The number of rotatable bonds is 6. The van der Waals surface area contributed by atoms with E-state index in [1.165, 1.54) is 18.4 Å². The zero-order valence-electron chi connectivity index (χ0n) is 15.6. The number of halogens is 1. The Balaban J connectivity index is 0.00000210. The molecule has 1 aromatic heterocycles. The van der Waals surface area contributed by atoms with E-state index in [1.54, 1.807) is 11.3 Å². The van der Waals surface area contributed by atoms with Gasteiger partial charge in [0.05, 0.1) is 6.61 Å². The van der Waals surface area contributed by atoms with Crippen LogP contribution in [0.25, 0.3) is 0 Å². The van der Waals surface area contributed by atoms with Gasteiger partial charge in [-0.05, 0) is 91.3 Å². The number of piperidine rings is 1. The van der Waals surface area contributed by atoms with Crippen molar-refractivity contribution in [1.82, 2.24) is 10.2 Å². The van der Waals surface area contributed by atoms with Gasteiger partial charge in [0, 0.05) is 18.2 Å². The lowest BCUT2D eigenvalue weighted by Gasteiger charge is -2.29. The van der Waals surface area contributed by atoms with Crippen LogP contribution in [0.4, 0.5) is 0 Å². The molecule has 2 heterocycles. The normalized spacial score (nSPS) is 20.0. The van der Waals surface area contributed by atoms with Crippen LogP contribution < -0.4 is 10.1 Å². The predicted octanol–water partition coefficient (Wildman–Crippen LogP) is 4.35. The molecular formula is C21H27ClN2O2S. The van der Waals surface area contributed by atoms with Crippen molar-refractivity contribution < 1.29 is 9.53 Å². The maximum absolute atomic E-state index is 13.3. The molecule has 1 spiro atoms. The Morgan fingerprint density at radius 1 is 1.26 bits per heavy atom. The van der Waals surface area contributed by atoms with E-state index in [0.717, 1.165) is 30.8 Å². The molecule has 27 heavy (non-hydrogen) atoms. The average molecular weight is 407 g/mol. The highest BCUT2D eigenvalue weighted by Gasteiger charge is 2.57. The molecule has 4 rings (SSSR count). The van der Waals surface area contributed by atoms with Gasteiger partial charge in [-0.15, -0.1) is 12.4 Å². The maximum atomic E-state index is 13.3. The van der Waals surface area contributed by atoms with Gasteiger partial charge in [0.15, 0.2) is 0 Å². The van der Waals surface area contributed by atoms with Crippen molar-refractivity contribution in [2.45, 2.75) is 38.8 Å². The standard InChI is InChI=1S/C21H26N2O2S.ClH/c1-2-25-18-5-3-17(4-6-18)20(24)23(14-16-7-12-26-15-16)19-13-21(19)8-10-22-11-9-21;/h3-7,12,15,19,22H,2,8-11,13-14H2,1H3;1H. The number of hydrogen-bond acceptors (Lipinski definition) is 4. The first-order valence-electron chi connectivity index (χ1n) is 9.47. The van der Waals surface area contributed by atoms with Crippen molar-refractivity contribution >= 4 is 29.7 Å². The van der Waals surface area contributed by atoms with Crippen molar-refractivity contribution in [2.75, 3.05) is 19.7 Å². The molecule has 2 fully saturated rings. The lowest BCUT2D eigenvalue weighted by Crippen LogP contribution is -2.39. The van der Waals surface area contributed by atoms with Crippen LogP contribution in [0, 0.1) is 5.41 Å². The van der Waals surface area contributed by atoms with Crippen molar-refractivity contribution in [3.63, 3.8) is 0 Å². The Morgan fingerprint density at radius 3 is 2.63 bits per heavy atom. The van der Waals surface area contributed by atoms with Gasteiger partial charge in [0.1, 0.15) is 5.75 Å². The smallest absolute Gasteiger partial charge is 0.254 e. The number of carbonyl (C=O) groups excluding carboxylic acids is 1. The predicted molar refractivity (Wildman–Crippen MR) is 112 cm³/mol. The molecule has 0 bridgehead atoms. The highest BCUT2D eigenvalue weighted by molar-refractivity contribution is 7.07. The topological polar surface area (TPSA) is 41.6 Å². The van der Waals surface area contributed by atoms with Crippen LogP contribution in [0.5, 0.6) is 5.75 Å². The lowest BCUT2D eigenvalue weighted by molar-refractivity contribution is 0.0692. The molecule has 2 aliphatic rings. The summed E-state index contributed by atoms with van der Waals surface area (Å²) in [6, 6.07) is 10.1. The van der Waals surface area contributed by atoms with Gasteiger partial charge in [0.2, 0.25) is 0 Å². The first kappa shape index (κ1) is 20.2. The molecule has 1 aromatic carbocycles. The fraction of sp³-hybridized carbons (Fsp3) is 0.476. The number of thiophene rings is 1. The molecule has 1 saturated carbocycles. The molecule has 1 saturated heterocycles. The summed E-state index contributed by atoms with van der Waals surface area (Å²) < 4.78 is 5.51. The van der Waals surface area contributed by atoms with Crippen molar-refractivity contribution in [3.8, 4) is 5.75 Å². The van der Waals surface area contributed by atoms with E-state index in [1.807, 2.05) is 31.2 Å². The molecule has 1 amide bonds. The van der Waals surface area contributed by atoms with Crippen LogP contribution in [-0.4, -0.2) is 36.5 Å². The summed E-state index contributed by atoms with van der Waals surface area (Å²) in [5.41, 5.74) is 2.31. The number of nitrogens with one attached hydrogen (secondary N) is 1. The number of hydrogen-bond donors (Lipinski definition) is 1. The van der Waals surface area contributed by atoms with Gasteiger partial charge in [0.25, 0.3) is 5.91 Å². The van der Waals surface area contributed by atoms with Gasteiger partial charge >= 0.3 is 0 Å². The molecule has 146 valence electrons. The number of carbonyl (C=O) groups is 1. The summed E-state index contributed by atoms with van der Waals surface area (Å²) in [5, 5.41) is 7.68. The van der Waals surface area contributed by atoms with Gasteiger partial charge in [-0.25, -0.2) is 0 Å². The fourth-order valence-corrected chi connectivity index (χ4v) is 4.82. The third-order valence-corrected chi connectivity index (χ3v) is 6.46. The Labute approximate surface area is 171 Å². The Morgan fingerprint density at radius 2 is 2.00 bits per heavy atom. The van der Waals surface area contributed by atoms with E-state index in [0.29, 0.717) is 24.6 Å². The van der Waals surface area contributed by atoms with Gasteiger partial charge < -0.3 is 15.0 Å². The quantitative estimate of drug-likeness (QED) is 0.775. The van der Waals surface area contributed by atoms with Crippen molar-refractivity contribution in [3.05, 3.63) is 52.2 Å². The molecule has 4 nitrogen and oxygen atoms in total. The third kappa shape index (κ3) is 4.31. The number of benzene rings is 1. The molecule has 1 unspecified atom stereocenters. The maximum Gasteiger partial charge on any atom is 0.254 e. The molecule has 1 aliphatic heterocycles. The second-order valence-corrected chi connectivity index (χ2v) is 8.13. The van der Waals surface area contributed by atoms with Crippen LogP contribution in [0.2, 0.25) is 0 Å². The summed E-state index contributed by atoms with van der Waals surface area (Å²) in [4.78, 5) is 15.4. The van der Waals surface area contributed by atoms with E-state index >= 15 is 0 Å². The molecule has 0 radical (unpaired) electrons. The second-order valence-electron chi connectivity index (χ2n) is 7.35. The number of amides is 1. The fourth-order valence-electron chi connectivity index (χ4n) is 4.16. The second kappa shape index (κ2) is 8.63. The zero-order valence-corrected chi connectivity index (χ0v) is 17.3. The van der Waals surface area contributed by atoms with Crippen LogP contribution in [0.3, 0.4) is 0 Å². The Hall–Kier alpha value is -1.56. The minimum Gasteiger partial charge on any atom is -0.494 e. The minimum atomic E-state index is 0. The van der Waals surface area contributed by atoms with Crippen molar-refractivity contribution in [1.29, 1.82) is 0 Å². The van der Waals surface area contributed by atoms with E-state index in [-0.39, 0.29) is 18.3 Å². The summed E-state index contributed by atoms with van der Waals surface area (Å²) in [6.45, 7) is 5.44. The highest BCUT2D eigenvalue weighted by Crippen LogP contribution is 2.56. The summed E-state index contributed by atoms with van der Waals surface area (Å²) in [7, 11) is 0. The molecule has 6 heteroatoms. The largest absolute Gasteiger partial charge is 0.494 e. The highest BCUT2D eigenvalue weighted by atomic mass is 35.5. The van der Waals surface area contributed by atoms with E-state index in [9.17, 15) is 4.79 Å². The van der Waals surface area contributed by atoms with E-state index < -0.39 is 0 Å². The van der Waals surface area contributed by atoms with Crippen LogP contribution in [-0.2, 0) is 6.54 Å². The Bertz CT molecular complexity index is 742. The van der Waals surface area contributed by atoms with Gasteiger partial charge in [-0.2, -0.15) is 11.3 Å². The zero-order chi connectivity index (χ0) is 18.0. The lowest BCUT2D eigenvalue weighted by atomic mass is 9.93. The Kier molecular flexibility index (Phi) is 6.45. The first-order valence-corrected chi connectivity index (χ1v) is 10.4. The van der Waals surface area contributed by atoms with Crippen molar-refractivity contribution in [2.24, 2.45) is 5.41 Å². The van der Waals surface area contributed by atoms with Crippen LogP contribution in [0.1, 0.15) is 42.1 Å². The summed E-state index contributed by atoms with van der Waals surface area (Å²) >= 11 is 1.69. The number of ether oxygens (including phenoxy) is 1. The molecule has 1 N–H and O–H groups in total. The average Bonchev–Trinajstić information content (AvgIpc) is 3.10.